The van der Waals surface area contributed by atoms with E-state index in [2.05, 4.69) is 43.9 Å². The molecule has 0 saturated carbocycles. The van der Waals surface area contributed by atoms with E-state index < -0.39 is 0 Å². The number of phenolic OH excluding ortho intramolecular Hbond substituents is 1. The van der Waals surface area contributed by atoms with Crippen LogP contribution in [0, 0.1) is 0 Å². The van der Waals surface area contributed by atoms with Gasteiger partial charge in [-0.3, -0.25) is 9.98 Å². The van der Waals surface area contributed by atoms with Gasteiger partial charge in [0.1, 0.15) is 5.75 Å². The minimum absolute atomic E-state index is 0.0769. The summed E-state index contributed by atoms with van der Waals surface area (Å²) in [5.74, 6) is 0.150. The lowest BCUT2D eigenvalue weighted by atomic mass is 9.83. The van der Waals surface area contributed by atoms with Crippen LogP contribution in [0.3, 0.4) is 0 Å². The monoisotopic (exact) mass is 306 g/mol. The summed E-state index contributed by atoms with van der Waals surface area (Å²) in [5, 5.41) is 10.8. The van der Waals surface area contributed by atoms with Crippen molar-refractivity contribution < 1.29 is 5.11 Å². The van der Waals surface area contributed by atoms with Crippen LogP contribution in [-0.2, 0) is 5.41 Å². The molecule has 0 amide bonds. The molecule has 0 fully saturated rings. The maximum absolute atomic E-state index is 10.8. The highest BCUT2D eigenvalue weighted by Gasteiger charge is 2.21. The number of hydrogen-bond donors (Lipinski definition) is 1. The molecule has 23 heavy (non-hydrogen) atoms. The molecule has 0 saturated heterocycles. The molecule has 1 N–H and O–H groups in total. The van der Waals surface area contributed by atoms with Crippen molar-refractivity contribution in [3.05, 3.63) is 73.1 Å². The highest BCUT2D eigenvalue weighted by molar-refractivity contribution is 6.11. The van der Waals surface area contributed by atoms with Crippen molar-refractivity contribution in [2.24, 2.45) is 4.99 Å². The van der Waals surface area contributed by atoms with Crippen molar-refractivity contribution >= 4 is 5.71 Å². The van der Waals surface area contributed by atoms with Gasteiger partial charge in [-0.15, -0.1) is 0 Å². The minimum atomic E-state index is -0.0769. The molecular weight excluding hydrogens is 284 g/mol. The second-order valence-electron chi connectivity index (χ2n) is 6.29. The standard InChI is InChI=1S/C20H22N2O/c1-6-17(21-7-2)15-12-14(20(3,4)5)13-16(19(15)23)18-10-8-9-11-22-18/h6-13,23H,1-2H2,3-5H3. The molecule has 0 aliphatic rings. The number of benzene rings is 1. The number of rotatable bonds is 4. The summed E-state index contributed by atoms with van der Waals surface area (Å²) in [6.07, 6.45) is 4.77. The summed E-state index contributed by atoms with van der Waals surface area (Å²) in [7, 11) is 0. The van der Waals surface area contributed by atoms with Crippen LogP contribution in [0.15, 0.2) is 67.0 Å². The Labute approximate surface area is 137 Å². The van der Waals surface area contributed by atoms with E-state index in [1.165, 1.54) is 6.20 Å². The van der Waals surface area contributed by atoms with E-state index in [-0.39, 0.29) is 11.2 Å². The van der Waals surface area contributed by atoms with Crippen LogP contribution >= 0.6 is 0 Å². The lowest BCUT2D eigenvalue weighted by Gasteiger charge is -2.22. The molecule has 3 nitrogen and oxygen atoms in total. The topological polar surface area (TPSA) is 45.5 Å². The molecule has 1 aromatic heterocycles. The Hall–Kier alpha value is -2.68. The van der Waals surface area contributed by atoms with Gasteiger partial charge in [-0.2, -0.15) is 0 Å². The Morgan fingerprint density at radius 2 is 1.96 bits per heavy atom. The van der Waals surface area contributed by atoms with Gasteiger partial charge in [-0.25, -0.2) is 0 Å². The van der Waals surface area contributed by atoms with Gasteiger partial charge in [0.25, 0.3) is 0 Å². The molecule has 0 aliphatic carbocycles. The zero-order valence-electron chi connectivity index (χ0n) is 13.9. The van der Waals surface area contributed by atoms with E-state index in [4.69, 9.17) is 0 Å². The van der Waals surface area contributed by atoms with Crippen molar-refractivity contribution in [1.29, 1.82) is 0 Å². The number of aromatic hydroxyl groups is 1. The molecule has 0 atom stereocenters. The fourth-order valence-electron chi connectivity index (χ4n) is 2.31. The molecule has 1 heterocycles. The first-order valence-electron chi connectivity index (χ1n) is 7.49. The number of allylic oxidation sites excluding steroid dienone is 1. The molecule has 2 aromatic rings. The number of phenols is 1. The van der Waals surface area contributed by atoms with Crippen LogP contribution < -0.4 is 0 Å². The van der Waals surface area contributed by atoms with Crippen molar-refractivity contribution in [1.82, 2.24) is 4.98 Å². The predicted molar refractivity (Wildman–Crippen MR) is 97.0 cm³/mol. The van der Waals surface area contributed by atoms with Crippen molar-refractivity contribution in [3.63, 3.8) is 0 Å². The summed E-state index contributed by atoms with van der Waals surface area (Å²) in [6.45, 7) is 13.8. The normalized spacial score (nSPS) is 12.0. The fourth-order valence-corrected chi connectivity index (χ4v) is 2.31. The maximum Gasteiger partial charge on any atom is 0.134 e. The SMILES string of the molecule is C=CN=C(C=C)c1cc(C(C)(C)C)cc(-c2ccccn2)c1O. The Kier molecular flexibility index (Phi) is 4.80. The quantitative estimate of drug-likeness (QED) is 0.819. The molecule has 0 bridgehead atoms. The largest absolute Gasteiger partial charge is 0.507 e. The number of nitrogens with zero attached hydrogens (tertiary/aromatic N) is 2. The van der Waals surface area contributed by atoms with Crippen molar-refractivity contribution in [2.75, 3.05) is 0 Å². The van der Waals surface area contributed by atoms with E-state index >= 15 is 0 Å². The van der Waals surface area contributed by atoms with Crippen LogP contribution in [0.25, 0.3) is 11.3 Å². The first-order chi connectivity index (χ1) is 10.9. The first kappa shape index (κ1) is 16.7. The predicted octanol–water partition coefficient (Wildman–Crippen LogP) is 4.87. The van der Waals surface area contributed by atoms with Crippen LogP contribution in [-0.4, -0.2) is 15.8 Å². The Morgan fingerprint density at radius 1 is 1.22 bits per heavy atom. The number of pyridine rings is 1. The van der Waals surface area contributed by atoms with Gasteiger partial charge >= 0.3 is 0 Å². The Bertz CT molecular complexity index is 753. The first-order valence-corrected chi connectivity index (χ1v) is 7.49. The number of hydrogen-bond acceptors (Lipinski definition) is 3. The molecule has 3 heteroatoms. The Balaban J connectivity index is 2.80. The van der Waals surface area contributed by atoms with E-state index in [1.54, 1.807) is 12.3 Å². The van der Waals surface area contributed by atoms with Gasteiger partial charge in [0.2, 0.25) is 0 Å². The molecule has 0 unspecified atom stereocenters. The van der Waals surface area contributed by atoms with Crippen LogP contribution in [0.1, 0.15) is 31.9 Å². The molecule has 2 rings (SSSR count). The van der Waals surface area contributed by atoms with Gasteiger partial charge in [-0.1, -0.05) is 40.0 Å². The lowest BCUT2D eigenvalue weighted by Crippen LogP contribution is -2.13. The second kappa shape index (κ2) is 6.61. The average molecular weight is 306 g/mol. The molecule has 1 aromatic carbocycles. The summed E-state index contributed by atoms with van der Waals surface area (Å²) in [6, 6.07) is 9.56. The van der Waals surface area contributed by atoms with Gasteiger partial charge in [-0.05, 0) is 41.3 Å². The number of aliphatic imine (C=N–C) groups is 1. The lowest BCUT2D eigenvalue weighted by molar-refractivity contribution is 0.475. The highest BCUT2D eigenvalue weighted by atomic mass is 16.3. The zero-order valence-corrected chi connectivity index (χ0v) is 13.9. The molecular formula is C20H22N2O. The summed E-state index contributed by atoms with van der Waals surface area (Å²) in [5.41, 5.74) is 3.64. The Morgan fingerprint density at radius 3 is 2.48 bits per heavy atom. The third kappa shape index (κ3) is 3.57. The molecule has 0 radical (unpaired) electrons. The summed E-state index contributed by atoms with van der Waals surface area (Å²) >= 11 is 0. The molecule has 0 aliphatic heterocycles. The van der Waals surface area contributed by atoms with E-state index in [9.17, 15) is 5.11 Å². The third-order valence-corrected chi connectivity index (χ3v) is 3.62. The summed E-state index contributed by atoms with van der Waals surface area (Å²) in [4.78, 5) is 8.57. The van der Waals surface area contributed by atoms with E-state index in [0.29, 0.717) is 16.8 Å². The van der Waals surface area contributed by atoms with Gasteiger partial charge in [0.15, 0.2) is 0 Å². The second-order valence-corrected chi connectivity index (χ2v) is 6.29. The van der Waals surface area contributed by atoms with Gasteiger partial charge in [0, 0.05) is 23.5 Å². The highest BCUT2D eigenvalue weighted by Crippen LogP contribution is 2.36. The summed E-state index contributed by atoms with van der Waals surface area (Å²) < 4.78 is 0. The number of aromatic nitrogens is 1. The molecule has 118 valence electrons. The third-order valence-electron chi connectivity index (χ3n) is 3.62. The van der Waals surface area contributed by atoms with Gasteiger partial charge < -0.3 is 5.11 Å². The van der Waals surface area contributed by atoms with Crippen LogP contribution in [0.5, 0.6) is 5.75 Å². The average Bonchev–Trinajstić information content (AvgIpc) is 2.53. The van der Waals surface area contributed by atoms with E-state index in [0.717, 1.165) is 11.3 Å². The van der Waals surface area contributed by atoms with Gasteiger partial charge in [0.05, 0.1) is 11.4 Å². The fraction of sp³-hybridized carbons (Fsp3) is 0.200. The molecule has 0 spiro atoms. The van der Waals surface area contributed by atoms with Crippen molar-refractivity contribution in [3.8, 4) is 17.0 Å². The van der Waals surface area contributed by atoms with Crippen LogP contribution in [0.2, 0.25) is 0 Å². The maximum atomic E-state index is 10.8. The van der Waals surface area contributed by atoms with Crippen molar-refractivity contribution in [2.45, 2.75) is 26.2 Å². The van der Waals surface area contributed by atoms with E-state index in [1.807, 2.05) is 30.3 Å². The minimum Gasteiger partial charge on any atom is -0.507 e. The van der Waals surface area contributed by atoms with Crippen LogP contribution in [0.4, 0.5) is 0 Å². The zero-order chi connectivity index (χ0) is 17.0. The smallest absolute Gasteiger partial charge is 0.134 e.